The van der Waals surface area contributed by atoms with E-state index in [4.69, 9.17) is 5.11 Å². The van der Waals surface area contributed by atoms with E-state index in [0.717, 1.165) is 12.2 Å². The highest BCUT2D eigenvalue weighted by Crippen LogP contribution is 2.19. The summed E-state index contributed by atoms with van der Waals surface area (Å²) in [6, 6.07) is 7.57. The highest BCUT2D eigenvalue weighted by molar-refractivity contribution is 5.88. The number of benzene rings is 1. The van der Waals surface area contributed by atoms with E-state index in [-0.39, 0.29) is 0 Å². The number of unbranched alkanes of at least 4 members (excludes halogenated alkanes) is 2. The van der Waals surface area contributed by atoms with Crippen molar-refractivity contribution in [1.82, 2.24) is 0 Å². The molecule has 0 aliphatic carbocycles. The molecule has 0 atom stereocenters. The first-order chi connectivity index (χ1) is 8.56. The normalized spacial score (nSPS) is 10.7. The molecule has 0 aromatic heterocycles. The van der Waals surface area contributed by atoms with Gasteiger partial charge in [0.25, 0.3) is 0 Å². The molecule has 0 aliphatic rings. The fraction of sp³-hybridized carbons (Fsp3) is 0.533. The lowest BCUT2D eigenvalue weighted by Gasteiger charge is -2.29. The van der Waals surface area contributed by atoms with Gasteiger partial charge in [0.1, 0.15) is 0 Å². The van der Waals surface area contributed by atoms with E-state index < -0.39 is 5.97 Å². The Hall–Kier alpha value is -1.51. The van der Waals surface area contributed by atoms with Gasteiger partial charge in [-0.1, -0.05) is 19.8 Å². The second-order valence-corrected chi connectivity index (χ2v) is 4.85. The van der Waals surface area contributed by atoms with Crippen molar-refractivity contribution in [3.8, 4) is 0 Å². The molecule has 0 aliphatic heterocycles. The number of carboxylic acids is 1. The zero-order chi connectivity index (χ0) is 13.5. The van der Waals surface area contributed by atoms with Gasteiger partial charge in [-0.2, -0.15) is 0 Å². The van der Waals surface area contributed by atoms with Gasteiger partial charge in [-0.05, 0) is 44.5 Å². The van der Waals surface area contributed by atoms with Crippen molar-refractivity contribution in [2.45, 2.75) is 46.1 Å². The molecule has 18 heavy (non-hydrogen) atoms. The molecular weight excluding hydrogens is 226 g/mol. The van der Waals surface area contributed by atoms with E-state index in [0.29, 0.717) is 11.6 Å². The monoisotopic (exact) mass is 249 g/mol. The number of rotatable bonds is 7. The van der Waals surface area contributed by atoms with Crippen LogP contribution in [0.3, 0.4) is 0 Å². The molecule has 1 aromatic rings. The average molecular weight is 249 g/mol. The molecule has 1 aromatic carbocycles. The van der Waals surface area contributed by atoms with Crippen LogP contribution in [0.25, 0.3) is 0 Å². The summed E-state index contributed by atoms with van der Waals surface area (Å²) in [4.78, 5) is 13.1. The predicted octanol–water partition coefficient (Wildman–Crippen LogP) is 3.79. The first kappa shape index (κ1) is 14.6. The Kier molecular flexibility index (Phi) is 5.69. The molecule has 0 radical (unpaired) electrons. The molecule has 3 heteroatoms. The molecule has 0 saturated heterocycles. The molecule has 3 nitrogen and oxygen atoms in total. The third kappa shape index (κ3) is 4.06. The lowest BCUT2D eigenvalue weighted by Crippen LogP contribution is -2.31. The first-order valence-corrected chi connectivity index (χ1v) is 6.66. The van der Waals surface area contributed by atoms with E-state index in [2.05, 4.69) is 25.7 Å². The van der Waals surface area contributed by atoms with Crippen LogP contribution in [0.1, 0.15) is 50.4 Å². The average Bonchev–Trinajstić information content (AvgIpc) is 2.34. The zero-order valence-electron chi connectivity index (χ0n) is 11.5. The lowest BCUT2D eigenvalue weighted by molar-refractivity contribution is 0.0697. The number of hydrogen-bond acceptors (Lipinski definition) is 2. The Morgan fingerprint density at radius 3 is 2.28 bits per heavy atom. The fourth-order valence-corrected chi connectivity index (χ4v) is 2.01. The van der Waals surface area contributed by atoms with Gasteiger partial charge >= 0.3 is 5.97 Å². The summed E-state index contributed by atoms with van der Waals surface area (Å²) in [7, 11) is 0. The summed E-state index contributed by atoms with van der Waals surface area (Å²) in [5.41, 5.74) is 1.45. The number of aromatic carboxylic acids is 1. The molecule has 0 heterocycles. The third-order valence-corrected chi connectivity index (χ3v) is 3.07. The molecular formula is C15H23NO2. The van der Waals surface area contributed by atoms with Crippen molar-refractivity contribution in [2.24, 2.45) is 0 Å². The Morgan fingerprint density at radius 2 is 1.83 bits per heavy atom. The maximum atomic E-state index is 10.8. The largest absolute Gasteiger partial charge is 0.478 e. The zero-order valence-corrected chi connectivity index (χ0v) is 11.5. The molecule has 1 N–H and O–H groups in total. The van der Waals surface area contributed by atoms with Gasteiger partial charge < -0.3 is 10.0 Å². The maximum absolute atomic E-state index is 10.8. The smallest absolute Gasteiger partial charge is 0.335 e. The van der Waals surface area contributed by atoms with Crippen LogP contribution in [0.15, 0.2) is 24.3 Å². The number of carbonyl (C=O) groups is 1. The number of anilines is 1. The van der Waals surface area contributed by atoms with Crippen LogP contribution >= 0.6 is 0 Å². The van der Waals surface area contributed by atoms with Crippen molar-refractivity contribution >= 4 is 11.7 Å². The van der Waals surface area contributed by atoms with E-state index in [9.17, 15) is 4.79 Å². The molecule has 1 rings (SSSR count). The highest BCUT2D eigenvalue weighted by atomic mass is 16.4. The van der Waals surface area contributed by atoms with Crippen LogP contribution in [0.4, 0.5) is 5.69 Å². The van der Waals surface area contributed by atoms with E-state index in [1.54, 1.807) is 12.1 Å². The second kappa shape index (κ2) is 7.04. The van der Waals surface area contributed by atoms with E-state index >= 15 is 0 Å². The van der Waals surface area contributed by atoms with Crippen LogP contribution in [0.5, 0.6) is 0 Å². The molecule has 0 bridgehead atoms. The van der Waals surface area contributed by atoms with Crippen molar-refractivity contribution < 1.29 is 9.90 Å². The minimum absolute atomic E-state index is 0.344. The minimum atomic E-state index is -0.872. The Morgan fingerprint density at radius 1 is 1.22 bits per heavy atom. The maximum Gasteiger partial charge on any atom is 0.335 e. The summed E-state index contributed by atoms with van der Waals surface area (Å²) in [6.45, 7) is 7.55. The van der Waals surface area contributed by atoms with E-state index in [1.807, 2.05) is 12.1 Å². The number of hydrogen-bond donors (Lipinski definition) is 1. The molecule has 0 fully saturated rings. The van der Waals surface area contributed by atoms with Crippen molar-refractivity contribution in [2.75, 3.05) is 11.4 Å². The van der Waals surface area contributed by atoms with Crippen LogP contribution in [-0.4, -0.2) is 23.7 Å². The number of carboxylic acid groups (broad SMARTS) is 1. The van der Waals surface area contributed by atoms with Gasteiger partial charge in [-0.25, -0.2) is 4.79 Å². The summed E-state index contributed by atoms with van der Waals surface area (Å²) in [6.07, 6.45) is 3.62. The van der Waals surface area contributed by atoms with Gasteiger partial charge in [0.05, 0.1) is 5.56 Å². The molecule has 0 unspecified atom stereocenters. The minimum Gasteiger partial charge on any atom is -0.478 e. The summed E-state index contributed by atoms with van der Waals surface area (Å²) in [5, 5.41) is 8.88. The summed E-state index contributed by atoms with van der Waals surface area (Å²) >= 11 is 0. The Labute approximate surface area is 109 Å². The van der Waals surface area contributed by atoms with Crippen LogP contribution in [0, 0.1) is 0 Å². The van der Waals surface area contributed by atoms with Gasteiger partial charge in [0, 0.05) is 18.3 Å². The first-order valence-electron chi connectivity index (χ1n) is 6.66. The number of nitrogens with zero attached hydrogens (tertiary/aromatic N) is 1. The summed E-state index contributed by atoms with van der Waals surface area (Å²) in [5.74, 6) is -0.872. The predicted molar refractivity (Wildman–Crippen MR) is 75.4 cm³/mol. The van der Waals surface area contributed by atoms with Gasteiger partial charge in [-0.3, -0.25) is 0 Å². The second-order valence-electron chi connectivity index (χ2n) is 4.85. The standard InChI is InChI=1S/C15H23NO2/c1-4-5-6-11-16(12(2)3)14-9-7-13(8-10-14)15(17)18/h7-10,12H,4-6,11H2,1-3H3,(H,17,18). The Balaban J connectivity index is 2.75. The van der Waals surface area contributed by atoms with Crippen molar-refractivity contribution in [1.29, 1.82) is 0 Å². The van der Waals surface area contributed by atoms with Crippen molar-refractivity contribution in [3.05, 3.63) is 29.8 Å². The van der Waals surface area contributed by atoms with Crippen LogP contribution in [-0.2, 0) is 0 Å². The quantitative estimate of drug-likeness (QED) is 0.747. The summed E-state index contributed by atoms with van der Waals surface area (Å²) < 4.78 is 0. The molecule has 0 amide bonds. The topological polar surface area (TPSA) is 40.5 Å². The van der Waals surface area contributed by atoms with Crippen molar-refractivity contribution in [3.63, 3.8) is 0 Å². The lowest BCUT2D eigenvalue weighted by atomic mass is 10.1. The van der Waals surface area contributed by atoms with E-state index in [1.165, 1.54) is 19.3 Å². The molecule has 0 saturated carbocycles. The van der Waals surface area contributed by atoms with Gasteiger partial charge in [-0.15, -0.1) is 0 Å². The Bertz CT molecular complexity index is 371. The van der Waals surface area contributed by atoms with Gasteiger partial charge in [0.2, 0.25) is 0 Å². The fourth-order valence-electron chi connectivity index (χ4n) is 2.01. The highest BCUT2D eigenvalue weighted by Gasteiger charge is 2.11. The molecule has 100 valence electrons. The van der Waals surface area contributed by atoms with Gasteiger partial charge in [0.15, 0.2) is 0 Å². The third-order valence-electron chi connectivity index (χ3n) is 3.07. The molecule has 0 spiro atoms. The van der Waals surface area contributed by atoms with Crippen LogP contribution in [0.2, 0.25) is 0 Å². The SMILES string of the molecule is CCCCCN(c1ccc(C(=O)O)cc1)C(C)C. The van der Waals surface area contributed by atoms with Crippen LogP contribution < -0.4 is 4.90 Å².